The molecule has 0 bridgehead atoms. The number of hydrogen-bond acceptors (Lipinski definition) is 10. The molecule has 11 heteroatoms. The molecule has 1 aromatic carbocycles. The number of benzene rings is 1. The molecular formula is C28H25N3O6S2. The number of ether oxygens (including phenoxy) is 3. The highest BCUT2D eigenvalue weighted by Crippen LogP contribution is 2.36. The molecule has 0 amide bonds. The van der Waals surface area contributed by atoms with E-state index in [9.17, 15) is 9.59 Å². The Balaban J connectivity index is 1.61. The van der Waals surface area contributed by atoms with Crippen molar-refractivity contribution in [1.29, 1.82) is 0 Å². The molecule has 5 rings (SSSR count). The van der Waals surface area contributed by atoms with Crippen molar-refractivity contribution in [2.24, 2.45) is 4.99 Å². The van der Waals surface area contributed by atoms with Gasteiger partial charge < -0.3 is 18.6 Å². The van der Waals surface area contributed by atoms with Crippen molar-refractivity contribution in [2.45, 2.75) is 30.0 Å². The molecule has 3 aromatic heterocycles. The van der Waals surface area contributed by atoms with Crippen molar-refractivity contribution in [3.63, 3.8) is 0 Å². The number of carbonyl (C=O) groups excluding carboxylic acids is 1. The van der Waals surface area contributed by atoms with E-state index in [0.717, 1.165) is 5.03 Å². The minimum absolute atomic E-state index is 0.191. The Hall–Kier alpha value is -4.09. The smallest absolute Gasteiger partial charge is 0.338 e. The van der Waals surface area contributed by atoms with Crippen LogP contribution in [0.1, 0.15) is 31.2 Å². The zero-order chi connectivity index (χ0) is 27.5. The molecule has 0 unspecified atom stereocenters. The summed E-state index contributed by atoms with van der Waals surface area (Å²) in [6.45, 7) is 3.67. The lowest BCUT2D eigenvalue weighted by atomic mass is 9.95. The largest absolute Gasteiger partial charge is 0.493 e. The maximum Gasteiger partial charge on any atom is 0.338 e. The first-order valence-electron chi connectivity index (χ1n) is 12.0. The second kappa shape index (κ2) is 11.3. The number of aromatic nitrogens is 2. The average Bonchev–Trinajstić information content (AvgIpc) is 3.51. The van der Waals surface area contributed by atoms with Gasteiger partial charge in [0, 0.05) is 12.3 Å². The van der Waals surface area contributed by atoms with Gasteiger partial charge in [0.05, 0.1) is 42.7 Å². The van der Waals surface area contributed by atoms with Crippen molar-refractivity contribution in [1.82, 2.24) is 9.55 Å². The topological polar surface area (TPSA) is 105 Å². The number of furan rings is 1. The van der Waals surface area contributed by atoms with Crippen molar-refractivity contribution < 1.29 is 23.4 Å². The van der Waals surface area contributed by atoms with E-state index in [1.807, 2.05) is 24.3 Å². The number of carbonyl (C=O) groups is 1. The summed E-state index contributed by atoms with van der Waals surface area (Å²) in [4.78, 5) is 36.3. The molecule has 0 saturated carbocycles. The summed E-state index contributed by atoms with van der Waals surface area (Å²) in [5.41, 5.74) is 1.12. The van der Waals surface area contributed by atoms with E-state index in [1.165, 1.54) is 34.8 Å². The second-order valence-corrected chi connectivity index (χ2v) is 10.4. The molecule has 1 aliphatic heterocycles. The van der Waals surface area contributed by atoms with Gasteiger partial charge in [-0.25, -0.2) is 14.8 Å². The standard InChI is InChI=1S/C28H25N3O6S2/c1-5-36-27(33)24-16(2)30-28-31(25(24)17-9-11-19(34-3)20(14-17)35-4)26(32)21(38-28)15-18-10-12-23(37-18)39-22-8-6-7-13-29-22/h6-15,25H,5H2,1-4H3/b21-15-/t25-/m0/s1. The van der Waals surface area contributed by atoms with Crippen LogP contribution >= 0.6 is 23.1 Å². The van der Waals surface area contributed by atoms with Gasteiger partial charge in [-0.15, -0.1) is 0 Å². The third-order valence-electron chi connectivity index (χ3n) is 5.96. The summed E-state index contributed by atoms with van der Waals surface area (Å²) < 4.78 is 24.1. The molecule has 0 aliphatic carbocycles. The number of nitrogens with zero attached hydrogens (tertiary/aromatic N) is 3. The number of esters is 1. The van der Waals surface area contributed by atoms with Crippen LogP contribution in [0.15, 0.2) is 90.3 Å². The van der Waals surface area contributed by atoms with Crippen LogP contribution in [-0.4, -0.2) is 36.3 Å². The van der Waals surface area contributed by atoms with Crippen molar-refractivity contribution in [3.8, 4) is 11.5 Å². The molecule has 4 aromatic rings. The maximum atomic E-state index is 13.8. The first-order chi connectivity index (χ1) is 18.9. The van der Waals surface area contributed by atoms with Gasteiger partial charge in [-0.05, 0) is 67.6 Å². The molecule has 200 valence electrons. The number of rotatable bonds is 8. The summed E-state index contributed by atoms with van der Waals surface area (Å²) in [7, 11) is 3.08. The van der Waals surface area contributed by atoms with E-state index in [-0.39, 0.29) is 17.7 Å². The van der Waals surface area contributed by atoms with Crippen LogP contribution in [0.3, 0.4) is 0 Å². The fourth-order valence-corrected chi connectivity index (χ4v) is 6.00. The molecule has 1 atom stereocenters. The number of hydrogen-bond donors (Lipinski definition) is 0. The minimum Gasteiger partial charge on any atom is -0.493 e. The number of thiazole rings is 1. The van der Waals surface area contributed by atoms with Crippen molar-refractivity contribution in [3.05, 3.63) is 97.0 Å². The highest BCUT2D eigenvalue weighted by molar-refractivity contribution is 7.99. The zero-order valence-corrected chi connectivity index (χ0v) is 23.3. The van der Waals surface area contributed by atoms with Gasteiger partial charge in [0.1, 0.15) is 10.8 Å². The van der Waals surface area contributed by atoms with Crippen LogP contribution in [0.2, 0.25) is 0 Å². The first-order valence-corrected chi connectivity index (χ1v) is 13.7. The Morgan fingerprint density at radius 2 is 1.97 bits per heavy atom. The Morgan fingerprint density at radius 1 is 1.15 bits per heavy atom. The second-order valence-electron chi connectivity index (χ2n) is 8.34. The lowest BCUT2D eigenvalue weighted by Gasteiger charge is -2.25. The number of allylic oxidation sites excluding steroid dienone is 1. The molecule has 0 N–H and O–H groups in total. The van der Waals surface area contributed by atoms with E-state index in [1.54, 1.807) is 57.5 Å². The zero-order valence-electron chi connectivity index (χ0n) is 21.7. The molecule has 0 fully saturated rings. The molecule has 0 saturated heterocycles. The van der Waals surface area contributed by atoms with E-state index in [2.05, 4.69) is 9.98 Å². The van der Waals surface area contributed by atoms with E-state index >= 15 is 0 Å². The van der Waals surface area contributed by atoms with Crippen LogP contribution in [0, 0.1) is 0 Å². The highest BCUT2D eigenvalue weighted by atomic mass is 32.2. The van der Waals surface area contributed by atoms with E-state index in [4.69, 9.17) is 18.6 Å². The maximum absolute atomic E-state index is 13.8. The van der Waals surface area contributed by atoms with Crippen LogP contribution in [0.5, 0.6) is 11.5 Å². The van der Waals surface area contributed by atoms with Crippen molar-refractivity contribution >= 4 is 35.1 Å². The van der Waals surface area contributed by atoms with Gasteiger partial charge in [0.25, 0.3) is 5.56 Å². The summed E-state index contributed by atoms with van der Waals surface area (Å²) in [5, 5.41) is 1.45. The van der Waals surface area contributed by atoms with E-state index in [0.29, 0.717) is 42.9 Å². The van der Waals surface area contributed by atoms with Crippen LogP contribution in [0.4, 0.5) is 0 Å². The van der Waals surface area contributed by atoms with Gasteiger partial charge in [-0.1, -0.05) is 23.5 Å². The van der Waals surface area contributed by atoms with Crippen LogP contribution in [0.25, 0.3) is 6.08 Å². The van der Waals surface area contributed by atoms with Gasteiger partial charge in [0.2, 0.25) is 0 Å². The van der Waals surface area contributed by atoms with Crippen LogP contribution < -0.4 is 24.4 Å². The third kappa shape index (κ3) is 5.27. The van der Waals surface area contributed by atoms with Gasteiger partial charge in [-0.3, -0.25) is 9.36 Å². The first kappa shape index (κ1) is 26.5. The Morgan fingerprint density at radius 3 is 2.69 bits per heavy atom. The SMILES string of the molecule is CCOC(=O)C1=C(C)N=c2s/c(=C\c3ccc(Sc4ccccn4)o3)c(=O)n2[C@H]1c1ccc(OC)c(OC)c1. The van der Waals surface area contributed by atoms with Crippen LogP contribution in [-0.2, 0) is 9.53 Å². The molecule has 1 aliphatic rings. The summed E-state index contributed by atoms with van der Waals surface area (Å²) in [6.07, 6.45) is 3.40. The number of fused-ring (bicyclic) bond motifs is 1. The minimum atomic E-state index is -0.769. The molecule has 9 nitrogen and oxygen atoms in total. The van der Waals surface area contributed by atoms with Gasteiger partial charge in [0.15, 0.2) is 21.4 Å². The average molecular weight is 564 g/mol. The highest BCUT2D eigenvalue weighted by Gasteiger charge is 2.34. The Kier molecular flexibility index (Phi) is 7.71. The number of pyridine rings is 1. The monoisotopic (exact) mass is 563 g/mol. The molecule has 4 heterocycles. The van der Waals surface area contributed by atoms with Gasteiger partial charge in [-0.2, -0.15) is 0 Å². The summed E-state index contributed by atoms with van der Waals surface area (Å²) in [6, 6.07) is 13.8. The lowest BCUT2D eigenvalue weighted by Crippen LogP contribution is -2.39. The third-order valence-corrected chi connectivity index (χ3v) is 7.81. The molecule has 0 spiro atoms. The summed E-state index contributed by atoms with van der Waals surface area (Å²) >= 11 is 2.61. The lowest BCUT2D eigenvalue weighted by molar-refractivity contribution is -0.139. The fraction of sp³-hybridized carbons (Fsp3) is 0.214. The quantitative estimate of drug-likeness (QED) is 0.297. The summed E-state index contributed by atoms with van der Waals surface area (Å²) in [5.74, 6) is 0.991. The Bertz CT molecular complexity index is 1740. The molecule has 0 radical (unpaired) electrons. The van der Waals surface area contributed by atoms with Gasteiger partial charge >= 0.3 is 5.97 Å². The molecule has 39 heavy (non-hydrogen) atoms. The van der Waals surface area contributed by atoms with E-state index < -0.39 is 12.0 Å². The predicted octanol–water partition coefficient (Wildman–Crippen LogP) is 3.95. The predicted molar refractivity (Wildman–Crippen MR) is 147 cm³/mol. The fourth-order valence-electron chi connectivity index (χ4n) is 4.24. The number of methoxy groups -OCH3 is 2. The molecular weight excluding hydrogens is 538 g/mol. The normalized spacial score (nSPS) is 15.1. The Labute approximate surface area is 232 Å². The van der Waals surface area contributed by atoms with Crippen molar-refractivity contribution in [2.75, 3.05) is 20.8 Å².